The molecule has 0 spiro atoms. The maximum absolute atomic E-state index is 10.3. The molecular weight excluding hydrogens is 262 g/mol. The van der Waals surface area contributed by atoms with Crippen LogP contribution in [0.4, 0.5) is 0 Å². The minimum Gasteiger partial charge on any atom is -1.00 e. The third-order valence-electron chi connectivity index (χ3n) is 2.99. The van der Waals surface area contributed by atoms with E-state index < -0.39 is 5.97 Å². The molecule has 0 saturated carbocycles. The normalized spacial score (nSPS) is 9.39. The van der Waals surface area contributed by atoms with Gasteiger partial charge in [-0.1, -0.05) is 71.1 Å². The van der Waals surface area contributed by atoms with E-state index in [2.05, 4.69) is 6.92 Å². The molecule has 0 heterocycles. The summed E-state index contributed by atoms with van der Waals surface area (Å²) in [5, 5.41) is 8.46. The van der Waals surface area contributed by atoms with Gasteiger partial charge in [0.25, 0.3) is 0 Å². The molecule has 0 radical (unpaired) electrons. The average Bonchev–Trinajstić information content (AvgIpc) is 2.25. The molecule has 2 nitrogen and oxygen atoms in total. The van der Waals surface area contributed by atoms with E-state index in [1.807, 2.05) is 0 Å². The van der Waals surface area contributed by atoms with Gasteiger partial charge < -0.3 is 7.96 Å². The number of rotatable bonds is 12. The van der Waals surface area contributed by atoms with Gasteiger partial charge in [0, 0.05) is 6.42 Å². The molecule has 0 unspecified atom stereocenters. The van der Waals surface area contributed by atoms with Crippen LogP contribution >= 0.6 is 0 Å². The van der Waals surface area contributed by atoms with Crippen LogP contribution in [-0.4, -0.2) is 11.1 Å². The van der Waals surface area contributed by atoms with Crippen LogP contribution in [0.1, 0.15) is 86.8 Å². The minimum atomic E-state index is -0.657. The number of hydrogen-bond acceptors (Lipinski definition) is 1. The van der Waals surface area contributed by atoms with Gasteiger partial charge in [-0.2, -0.15) is 0 Å². The van der Waals surface area contributed by atoms with Crippen LogP contribution in [0.25, 0.3) is 0 Å². The monoisotopic (exact) mass is 292 g/mol. The average molecular weight is 292 g/mol. The Morgan fingerprint density at radius 3 is 1.50 bits per heavy atom. The smallest absolute Gasteiger partial charge is 1.00 e. The Labute approximate surface area is 181 Å². The first-order valence-corrected chi connectivity index (χ1v) is 6.99. The number of carboxylic acid groups (broad SMARTS) is 1. The molecule has 0 aromatic carbocycles. The molecule has 0 fully saturated rings. The van der Waals surface area contributed by atoms with Crippen LogP contribution in [0.2, 0.25) is 0 Å². The summed E-state index contributed by atoms with van der Waals surface area (Å²) in [4.78, 5) is 10.3. The summed E-state index contributed by atoms with van der Waals surface area (Å²) < 4.78 is 0. The molecule has 0 aromatic heterocycles. The van der Waals surface area contributed by atoms with E-state index in [-0.39, 0.29) is 83.8 Å². The summed E-state index contributed by atoms with van der Waals surface area (Å²) in [5.74, 6) is -0.657. The molecule has 4 heteroatoms. The minimum absolute atomic E-state index is 0. The fraction of sp³-hybridized carbons (Fsp3) is 0.929. The zero-order valence-electron chi connectivity index (χ0n) is 14.8. The second kappa shape index (κ2) is 21.4. The Kier molecular flexibility index (Phi) is 29.8. The molecule has 0 amide bonds. The molecule has 0 aliphatic heterocycles. The molecule has 0 rings (SSSR count). The topological polar surface area (TPSA) is 37.3 Å². The van der Waals surface area contributed by atoms with E-state index in [1.165, 1.54) is 57.8 Å². The molecule has 100 valence electrons. The third kappa shape index (κ3) is 23.2. The third-order valence-corrected chi connectivity index (χ3v) is 2.99. The van der Waals surface area contributed by atoms with E-state index in [4.69, 9.17) is 5.11 Å². The number of aliphatic carboxylic acids is 1. The van der Waals surface area contributed by atoms with Gasteiger partial charge in [-0.3, -0.25) is 4.79 Å². The number of unbranched alkanes of at least 4 members (excludes halogenated alkanes) is 10. The van der Waals surface area contributed by atoms with E-state index in [0.29, 0.717) is 6.42 Å². The van der Waals surface area contributed by atoms with Crippen LogP contribution in [0, 0.1) is 0 Å². The van der Waals surface area contributed by atoms with Gasteiger partial charge >= 0.3 is 86.9 Å². The standard InChI is InChI=1S/C14H28O2.K.Na.2H/c1-2-3-4-5-6-7-8-9-10-11-12-13-14(15)16;;;;/h2-13H2,1H3,(H,15,16);;;;/q;2*+1;2*-1. The Bertz CT molecular complexity index is 175. The molecule has 0 aliphatic carbocycles. The molecule has 0 bridgehead atoms. The van der Waals surface area contributed by atoms with Crippen LogP contribution < -0.4 is 80.9 Å². The van der Waals surface area contributed by atoms with E-state index in [0.717, 1.165) is 12.8 Å². The van der Waals surface area contributed by atoms with Crippen molar-refractivity contribution in [2.24, 2.45) is 0 Å². The fourth-order valence-corrected chi connectivity index (χ4v) is 1.94. The van der Waals surface area contributed by atoms with Crippen molar-refractivity contribution < 1.29 is 93.7 Å². The van der Waals surface area contributed by atoms with Gasteiger partial charge in [0.1, 0.15) is 0 Å². The Balaban J connectivity index is -0.000000187. The van der Waals surface area contributed by atoms with Crippen LogP contribution in [0.3, 0.4) is 0 Å². The molecule has 0 saturated heterocycles. The predicted octanol–water partition coefficient (Wildman–Crippen LogP) is -0.995. The number of carboxylic acids is 1. The first kappa shape index (κ1) is 25.1. The summed E-state index contributed by atoms with van der Waals surface area (Å²) in [7, 11) is 0. The van der Waals surface area contributed by atoms with Gasteiger partial charge in [0.15, 0.2) is 0 Å². The van der Waals surface area contributed by atoms with Crippen molar-refractivity contribution in [3.05, 3.63) is 0 Å². The Hall–Kier alpha value is 2.11. The van der Waals surface area contributed by atoms with Crippen LogP contribution in [-0.2, 0) is 4.79 Å². The molecular formula is C14H30KNaO2. The van der Waals surface area contributed by atoms with Crippen molar-refractivity contribution in [3.63, 3.8) is 0 Å². The SMILES string of the molecule is CCCCCCCCCCCCCC(=O)O.[H-].[H-].[K+].[Na+]. The molecule has 0 aliphatic rings. The molecule has 1 N–H and O–H groups in total. The van der Waals surface area contributed by atoms with Gasteiger partial charge in [-0.25, -0.2) is 0 Å². The van der Waals surface area contributed by atoms with Crippen LogP contribution in [0.5, 0.6) is 0 Å². The zero-order chi connectivity index (χ0) is 12.1. The zero-order valence-corrected chi connectivity index (χ0v) is 18.0. The van der Waals surface area contributed by atoms with Crippen molar-refractivity contribution in [2.75, 3.05) is 0 Å². The number of carbonyl (C=O) groups is 1. The van der Waals surface area contributed by atoms with Crippen molar-refractivity contribution in [2.45, 2.75) is 84.0 Å². The maximum atomic E-state index is 10.3. The Morgan fingerprint density at radius 1 is 0.833 bits per heavy atom. The Morgan fingerprint density at radius 2 is 1.17 bits per heavy atom. The largest absolute Gasteiger partial charge is 1.00 e. The van der Waals surface area contributed by atoms with Crippen LogP contribution in [0.15, 0.2) is 0 Å². The van der Waals surface area contributed by atoms with E-state index in [9.17, 15) is 4.79 Å². The number of hydrogen-bond donors (Lipinski definition) is 1. The second-order valence-corrected chi connectivity index (χ2v) is 4.68. The van der Waals surface area contributed by atoms with E-state index in [1.54, 1.807) is 0 Å². The first-order chi connectivity index (χ1) is 7.77. The summed E-state index contributed by atoms with van der Waals surface area (Å²) in [6, 6.07) is 0. The molecule has 0 aromatic rings. The second-order valence-electron chi connectivity index (χ2n) is 4.68. The summed E-state index contributed by atoms with van der Waals surface area (Å²) in [5.41, 5.74) is 0. The molecule has 18 heavy (non-hydrogen) atoms. The van der Waals surface area contributed by atoms with Gasteiger partial charge in [-0.05, 0) is 6.42 Å². The summed E-state index contributed by atoms with van der Waals surface area (Å²) in [6.45, 7) is 2.25. The van der Waals surface area contributed by atoms with Crippen molar-refractivity contribution in [1.82, 2.24) is 0 Å². The summed E-state index contributed by atoms with van der Waals surface area (Å²) >= 11 is 0. The van der Waals surface area contributed by atoms with E-state index >= 15 is 0 Å². The maximum Gasteiger partial charge on any atom is 1.00 e. The predicted molar refractivity (Wildman–Crippen MR) is 70.9 cm³/mol. The molecule has 0 atom stereocenters. The van der Waals surface area contributed by atoms with Gasteiger partial charge in [0.2, 0.25) is 0 Å². The van der Waals surface area contributed by atoms with Crippen molar-refractivity contribution in [3.8, 4) is 0 Å². The van der Waals surface area contributed by atoms with Gasteiger partial charge in [0.05, 0.1) is 0 Å². The van der Waals surface area contributed by atoms with Crippen molar-refractivity contribution >= 4 is 5.97 Å². The quantitative estimate of drug-likeness (QED) is 0.370. The first-order valence-electron chi connectivity index (χ1n) is 6.99. The fourth-order valence-electron chi connectivity index (χ4n) is 1.94. The van der Waals surface area contributed by atoms with Gasteiger partial charge in [-0.15, -0.1) is 0 Å². The van der Waals surface area contributed by atoms with Crippen molar-refractivity contribution in [1.29, 1.82) is 0 Å². The summed E-state index contributed by atoms with van der Waals surface area (Å²) in [6.07, 6.45) is 14.4.